The number of hydrogen-bond acceptors (Lipinski definition) is 2. The third-order valence-corrected chi connectivity index (χ3v) is 3.31. The molecule has 96 valence electrons. The first-order valence-electron chi connectivity index (χ1n) is 5.81. The molecular weight excluding hydrogens is 254 g/mol. The highest BCUT2D eigenvalue weighted by molar-refractivity contribution is 6.30. The zero-order valence-corrected chi connectivity index (χ0v) is 10.5. The highest BCUT2D eigenvalue weighted by Crippen LogP contribution is 2.46. The molecule has 2 rings (SSSR count). The second kappa shape index (κ2) is 4.98. The van der Waals surface area contributed by atoms with Crippen LogP contribution in [0.1, 0.15) is 31.2 Å². The molecule has 1 aromatic carbocycles. The summed E-state index contributed by atoms with van der Waals surface area (Å²) < 4.78 is 0. The number of aliphatic carboxylic acids is 1. The summed E-state index contributed by atoms with van der Waals surface area (Å²) in [6.07, 6.45) is 1.60. The lowest BCUT2D eigenvalue weighted by molar-refractivity contribution is -0.139. The zero-order chi connectivity index (χ0) is 13.2. The molecule has 0 saturated heterocycles. The number of carbonyl (C=O) groups excluding carboxylic acids is 1. The van der Waals surface area contributed by atoms with Gasteiger partial charge in [0.1, 0.15) is 0 Å². The molecule has 1 aliphatic rings. The zero-order valence-electron chi connectivity index (χ0n) is 9.78. The lowest BCUT2D eigenvalue weighted by Crippen LogP contribution is -2.34. The van der Waals surface area contributed by atoms with E-state index in [1.54, 1.807) is 6.07 Å². The lowest BCUT2D eigenvalue weighted by atomic mass is 10.0. The summed E-state index contributed by atoms with van der Waals surface area (Å²) in [6, 6.07) is 7.40. The van der Waals surface area contributed by atoms with Gasteiger partial charge in [0.2, 0.25) is 5.91 Å². The number of rotatable bonds is 5. The van der Waals surface area contributed by atoms with Crippen LogP contribution >= 0.6 is 11.6 Å². The van der Waals surface area contributed by atoms with E-state index < -0.39 is 5.97 Å². The molecule has 1 amide bonds. The Bertz CT molecular complexity index is 483. The van der Waals surface area contributed by atoms with E-state index in [9.17, 15) is 9.59 Å². The minimum Gasteiger partial charge on any atom is -0.481 e. The van der Waals surface area contributed by atoms with Crippen molar-refractivity contribution < 1.29 is 14.7 Å². The van der Waals surface area contributed by atoms with Gasteiger partial charge >= 0.3 is 5.97 Å². The van der Waals surface area contributed by atoms with Crippen LogP contribution in [0.4, 0.5) is 0 Å². The number of carboxylic acids is 1. The molecule has 0 bridgehead atoms. The van der Waals surface area contributed by atoms with E-state index in [1.807, 2.05) is 18.2 Å². The molecule has 0 aliphatic heterocycles. The van der Waals surface area contributed by atoms with Gasteiger partial charge in [0.25, 0.3) is 0 Å². The minimum atomic E-state index is -0.960. The first kappa shape index (κ1) is 12.9. The van der Waals surface area contributed by atoms with Gasteiger partial charge in [-0.2, -0.15) is 0 Å². The van der Waals surface area contributed by atoms with Crippen LogP contribution in [0.5, 0.6) is 0 Å². The maximum Gasteiger partial charge on any atom is 0.303 e. The van der Waals surface area contributed by atoms with Gasteiger partial charge in [-0.05, 0) is 30.5 Å². The summed E-state index contributed by atoms with van der Waals surface area (Å²) in [5.74, 6) is -1.19. The Labute approximate surface area is 110 Å². The molecule has 1 aliphatic carbocycles. The third kappa shape index (κ3) is 3.01. The maximum atomic E-state index is 11.7. The SMILES string of the molecule is O=C(O)CCC(=O)NC1(c2cccc(Cl)c2)CC1. The molecule has 0 aromatic heterocycles. The van der Waals surface area contributed by atoms with Crippen LogP contribution in [0.15, 0.2) is 24.3 Å². The van der Waals surface area contributed by atoms with Crippen LogP contribution in [0.3, 0.4) is 0 Å². The van der Waals surface area contributed by atoms with Gasteiger partial charge in [-0.3, -0.25) is 9.59 Å². The van der Waals surface area contributed by atoms with Gasteiger partial charge in [-0.25, -0.2) is 0 Å². The van der Waals surface area contributed by atoms with E-state index in [4.69, 9.17) is 16.7 Å². The van der Waals surface area contributed by atoms with Gasteiger partial charge in [0.15, 0.2) is 0 Å². The average Bonchev–Trinajstić information content (AvgIpc) is 3.07. The van der Waals surface area contributed by atoms with Crippen molar-refractivity contribution in [2.45, 2.75) is 31.2 Å². The number of amides is 1. The second-order valence-corrected chi connectivity index (χ2v) is 4.97. The molecule has 5 heteroatoms. The van der Waals surface area contributed by atoms with Crippen LogP contribution in [0, 0.1) is 0 Å². The quantitative estimate of drug-likeness (QED) is 0.860. The molecule has 18 heavy (non-hydrogen) atoms. The molecule has 1 aromatic rings. The molecule has 1 fully saturated rings. The Balaban J connectivity index is 2.00. The Hall–Kier alpha value is -1.55. The average molecular weight is 268 g/mol. The van der Waals surface area contributed by atoms with Crippen molar-refractivity contribution in [3.63, 3.8) is 0 Å². The van der Waals surface area contributed by atoms with Crippen LogP contribution in [0.25, 0.3) is 0 Å². The topological polar surface area (TPSA) is 66.4 Å². The van der Waals surface area contributed by atoms with E-state index in [1.165, 1.54) is 0 Å². The molecule has 1 saturated carbocycles. The normalized spacial score (nSPS) is 16.1. The molecule has 0 radical (unpaired) electrons. The van der Waals surface area contributed by atoms with E-state index in [-0.39, 0.29) is 24.3 Å². The fourth-order valence-electron chi connectivity index (χ4n) is 1.95. The van der Waals surface area contributed by atoms with Crippen molar-refractivity contribution in [1.29, 1.82) is 0 Å². The fourth-order valence-corrected chi connectivity index (χ4v) is 2.14. The van der Waals surface area contributed by atoms with Crippen molar-refractivity contribution in [2.24, 2.45) is 0 Å². The third-order valence-electron chi connectivity index (χ3n) is 3.07. The van der Waals surface area contributed by atoms with Crippen LogP contribution in [-0.2, 0) is 15.1 Å². The molecule has 4 nitrogen and oxygen atoms in total. The number of benzene rings is 1. The predicted octanol–water partition coefficient (Wildman–Crippen LogP) is 2.31. The van der Waals surface area contributed by atoms with Crippen LogP contribution < -0.4 is 5.32 Å². The molecule has 0 spiro atoms. The lowest BCUT2D eigenvalue weighted by Gasteiger charge is -2.18. The van der Waals surface area contributed by atoms with Gasteiger partial charge in [-0.1, -0.05) is 23.7 Å². The summed E-state index contributed by atoms with van der Waals surface area (Å²) in [5.41, 5.74) is 0.652. The number of carbonyl (C=O) groups is 2. The highest BCUT2D eigenvalue weighted by atomic mass is 35.5. The Morgan fingerprint density at radius 3 is 2.61 bits per heavy atom. The largest absolute Gasteiger partial charge is 0.481 e. The fraction of sp³-hybridized carbons (Fsp3) is 0.385. The van der Waals surface area contributed by atoms with E-state index >= 15 is 0 Å². The van der Waals surface area contributed by atoms with Crippen molar-refractivity contribution in [3.05, 3.63) is 34.9 Å². The first-order valence-corrected chi connectivity index (χ1v) is 6.18. The van der Waals surface area contributed by atoms with E-state index in [2.05, 4.69) is 5.32 Å². The van der Waals surface area contributed by atoms with Gasteiger partial charge in [0.05, 0.1) is 12.0 Å². The van der Waals surface area contributed by atoms with Crippen molar-refractivity contribution in [2.75, 3.05) is 0 Å². The first-order chi connectivity index (χ1) is 8.52. The molecule has 2 N–H and O–H groups in total. The van der Waals surface area contributed by atoms with Gasteiger partial charge in [0, 0.05) is 11.4 Å². The van der Waals surface area contributed by atoms with Gasteiger partial charge < -0.3 is 10.4 Å². The maximum absolute atomic E-state index is 11.7. The molecule has 0 atom stereocenters. The van der Waals surface area contributed by atoms with Crippen molar-refractivity contribution in [1.82, 2.24) is 5.32 Å². The highest BCUT2D eigenvalue weighted by Gasteiger charge is 2.45. The van der Waals surface area contributed by atoms with Gasteiger partial charge in [-0.15, -0.1) is 0 Å². The molecule has 0 unspecified atom stereocenters. The Morgan fingerprint density at radius 1 is 1.33 bits per heavy atom. The second-order valence-electron chi connectivity index (χ2n) is 4.53. The summed E-state index contributed by atoms with van der Waals surface area (Å²) in [4.78, 5) is 22.1. The van der Waals surface area contributed by atoms with Crippen molar-refractivity contribution in [3.8, 4) is 0 Å². The van der Waals surface area contributed by atoms with E-state index in [0.717, 1.165) is 18.4 Å². The Morgan fingerprint density at radius 2 is 2.06 bits per heavy atom. The van der Waals surface area contributed by atoms with Crippen molar-refractivity contribution >= 4 is 23.5 Å². The predicted molar refractivity (Wildman–Crippen MR) is 67.4 cm³/mol. The van der Waals surface area contributed by atoms with Crippen LogP contribution in [0.2, 0.25) is 5.02 Å². The molecular formula is C13H14ClNO3. The van der Waals surface area contributed by atoms with Crippen LogP contribution in [-0.4, -0.2) is 17.0 Å². The Kier molecular flexibility index (Phi) is 3.57. The number of carboxylic acid groups (broad SMARTS) is 1. The summed E-state index contributed by atoms with van der Waals surface area (Å²) in [7, 11) is 0. The summed E-state index contributed by atoms with van der Waals surface area (Å²) >= 11 is 5.93. The number of hydrogen-bond donors (Lipinski definition) is 2. The molecule has 0 heterocycles. The standard InChI is InChI=1S/C13H14ClNO3/c14-10-3-1-2-9(8-10)13(6-7-13)15-11(16)4-5-12(17)18/h1-3,8H,4-7H2,(H,15,16)(H,17,18). The number of nitrogens with one attached hydrogen (secondary N) is 1. The minimum absolute atomic E-state index is 0.0116. The smallest absolute Gasteiger partial charge is 0.303 e. The summed E-state index contributed by atoms with van der Waals surface area (Å²) in [6.45, 7) is 0. The van der Waals surface area contributed by atoms with E-state index in [0.29, 0.717) is 5.02 Å². The summed E-state index contributed by atoms with van der Waals surface area (Å²) in [5, 5.41) is 12.1. The monoisotopic (exact) mass is 267 g/mol. The number of halogens is 1.